The number of hydrogen-bond acceptors (Lipinski definition) is 3. The molecule has 1 unspecified atom stereocenters. The Bertz CT molecular complexity index is 561. The van der Waals surface area contributed by atoms with Crippen LogP contribution in [-0.4, -0.2) is 46.9 Å². The second kappa shape index (κ2) is 7.68. The van der Waals surface area contributed by atoms with Gasteiger partial charge in [0.2, 0.25) is 0 Å². The van der Waals surface area contributed by atoms with Crippen LogP contribution in [0.5, 0.6) is 0 Å². The number of aromatic nitrogens is 2. The Morgan fingerprint density at radius 2 is 2.08 bits per heavy atom. The normalized spacial score (nSPS) is 22.5. The van der Waals surface area contributed by atoms with Gasteiger partial charge in [-0.15, -0.1) is 0 Å². The van der Waals surface area contributed by atoms with E-state index in [1.54, 1.807) is 6.20 Å². The number of amides is 1. The van der Waals surface area contributed by atoms with E-state index in [1.807, 2.05) is 16.5 Å². The van der Waals surface area contributed by atoms with Crippen molar-refractivity contribution in [2.24, 2.45) is 11.8 Å². The molecule has 1 atom stereocenters. The van der Waals surface area contributed by atoms with Crippen molar-refractivity contribution in [3.8, 4) is 0 Å². The first kappa shape index (κ1) is 17.5. The maximum Gasteiger partial charge on any atom is 0.257 e. The number of carbonyl (C=O) groups excluding carboxylic acids is 1. The summed E-state index contributed by atoms with van der Waals surface area (Å²) in [5.41, 5.74) is 1.76. The van der Waals surface area contributed by atoms with Gasteiger partial charge in [0.05, 0.1) is 31.0 Å². The highest BCUT2D eigenvalue weighted by Gasteiger charge is 2.33. The van der Waals surface area contributed by atoms with E-state index in [1.165, 1.54) is 19.3 Å². The van der Waals surface area contributed by atoms with E-state index in [-0.39, 0.29) is 5.91 Å². The maximum absolute atomic E-state index is 13.1. The summed E-state index contributed by atoms with van der Waals surface area (Å²) < 4.78 is 7.81. The van der Waals surface area contributed by atoms with Gasteiger partial charge in [0.1, 0.15) is 0 Å². The molecular formula is C19H31N3O2. The lowest BCUT2D eigenvalue weighted by Gasteiger charge is -2.34. The van der Waals surface area contributed by atoms with Crippen molar-refractivity contribution in [2.45, 2.75) is 58.9 Å². The molecule has 134 valence electrons. The average Bonchev–Trinajstić information content (AvgIpc) is 2.76. The van der Waals surface area contributed by atoms with Gasteiger partial charge >= 0.3 is 0 Å². The quantitative estimate of drug-likeness (QED) is 0.829. The Morgan fingerprint density at radius 3 is 2.71 bits per heavy atom. The Kier molecular flexibility index (Phi) is 5.59. The Hall–Kier alpha value is -1.36. The van der Waals surface area contributed by atoms with E-state index in [2.05, 4.69) is 18.9 Å². The van der Waals surface area contributed by atoms with Crippen LogP contribution in [-0.2, 0) is 4.74 Å². The number of hydrogen-bond donors (Lipinski definition) is 0. The Labute approximate surface area is 145 Å². The zero-order valence-corrected chi connectivity index (χ0v) is 15.3. The molecule has 0 aromatic carbocycles. The van der Waals surface area contributed by atoms with Crippen LogP contribution in [0.4, 0.5) is 0 Å². The second-order valence-electron chi connectivity index (χ2n) is 7.34. The van der Waals surface area contributed by atoms with E-state index in [4.69, 9.17) is 4.74 Å². The molecule has 2 aliphatic rings. The fourth-order valence-electron chi connectivity index (χ4n) is 4.02. The van der Waals surface area contributed by atoms with Crippen LogP contribution in [0.2, 0.25) is 0 Å². The third kappa shape index (κ3) is 3.37. The lowest BCUT2D eigenvalue weighted by molar-refractivity contribution is 0.0686. The van der Waals surface area contributed by atoms with Crippen LogP contribution in [0.1, 0.15) is 68.0 Å². The van der Waals surface area contributed by atoms with E-state index in [0.29, 0.717) is 25.1 Å². The van der Waals surface area contributed by atoms with E-state index in [9.17, 15) is 4.79 Å². The molecule has 5 nitrogen and oxygen atoms in total. The van der Waals surface area contributed by atoms with Crippen molar-refractivity contribution in [1.29, 1.82) is 0 Å². The molecule has 1 saturated heterocycles. The topological polar surface area (TPSA) is 47.4 Å². The summed E-state index contributed by atoms with van der Waals surface area (Å²) >= 11 is 0. The lowest BCUT2D eigenvalue weighted by atomic mass is 9.76. The number of nitrogens with zero attached hydrogens (tertiary/aromatic N) is 3. The summed E-state index contributed by atoms with van der Waals surface area (Å²) in [5, 5.41) is 4.52. The van der Waals surface area contributed by atoms with Crippen LogP contribution in [0, 0.1) is 18.8 Å². The highest BCUT2D eigenvalue weighted by atomic mass is 16.5. The summed E-state index contributed by atoms with van der Waals surface area (Å²) in [6.07, 6.45) is 7.75. The van der Waals surface area contributed by atoms with Gasteiger partial charge < -0.3 is 9.64 Å². The van der Waals surface area contributed by atoms with E-state index >= 15 is 0 Å². The van der Waals surface area contributed by atoms with Gasteiger partial charge in [0.25, 0.3) is 5.91 Å². The third-order valence-corrected chi connectivity index (χ3v) is 5.96. The smallest absolute Gasteiger partial charge is 0.257 e. The molecule has 3 rings (SSSR count). The molecule has 1 saturated carbocycles. The monoisotopic (exact) mass is 333 g/mol. The first-order chi connectivity index (χ1) is 11.7. The van der Waals surface area contributed by atoms with Gasteiger partial charge in [-0.25, -0.2) is 0 Å². The van der Waals surface area contributed by atoms with Gasteiger partial charge in [0.15, 0.2) is 0 Å². The Morgan fingerprint density at radius 1 is 1.33 bits per heavy atom. The summed E-state index contributed by atoms with van der Waals surface area (Å²) in [6.45, 7) is 9.35. The Balaban J connectivity index is 1.75. The fraction of sp³-hybridized carbons (Fsp3) is 0.789. The molecule has 1 aliphatic heterocycles. The van der Waals surface area contributed by atoms with Gasteiger partial charge in [0, 0.05) is 24.7 Å². The molecule has 2 fully saturated rings. The third-order valence-electron chi connectivity index (χ3n) is 5.96. The van der Waals surface area contributed by atoms with Crippen molar-refractivity contribution in [2.75, 3.05) is 26.3 Å². The minimum absolute atomic E-state index is 0.125. The molecule has 1 aliphatic carbocycles. The van der Waals surface area contributed by atoms with Gasteiger partial charge in [-0.2, -0.15) is 5.10 Å². The van der Waals surface area contributed by atoms with E-state index < -0.39 is 0 Å². The number of carbonyl (C=O) groups is 1. The summed E-state index contributed by atoms with van der Waals surface area (Å²) in [4.78, 5) is 15.1. The highest BCUT2D eigenvalue weighted by Crippen LogP contribution is 2.35. The number of ether oxygens (including phenoxy) is 1. The predicted molar refractivity (Wildman–Crippen MR) is 94.1 cm³/mol. The zero-order valence-electron chi connectivity index (χ0n) is 15.3. The van der Waals surface area contributed by atoms with Crippen LogP contribution < -0.4 is 0 Å². The van der Waals surface area contributed by atoms with Crippen LogP contribution in [0.25, 0.3) is 0 Å². The summed E-state index contributed by atoms with van der Waals surface area (Å²) in [7, 11) is 0. The van der Waals surface area contributed by atoms with Crippen molar-refractivity contribution in [1.82, 2.24) is 14.7 Å². The van der Waals surface area contributed by atoms with Gasteiger partial charge in [-0.3, -0.25) is 9.48 Å². The molecule has 0 radical (unpaired) electrons. The molecule has 24 heavy (non-hydrogen) atoms. The molecule has 5 heteroatoms. The minimum atomic E-state index is 0.125. The average molecular weight is 333 g/mol. The largest absolute Gasteiger partial charge is 0.379 e. The zero-order chi connectivity index (χ0) is 17.1. The standard InChI is InChI=1S/C19H31N3O2/c1-4-17(5-2)22-14(3)18(11-20-22)19(23)21-9-10-24-13-16(12-21)15-7-6-8-15/h11,15-17H,4-10,12-13H2,1-3H3. The summed E-state index contributed by atoms with van der Waals surface area (Å²) in [6, 6.07) is 0.377. The van der Waals surface area contributed by atoms with Crippen LogP contribution in [0.15, 0.2) is 6.20 Å². The number of rotatable bonds is 5. The van der Waals surface area contributed by atoms with Crippen LogP contribution in [0.3, 0.4) is 0 Å². The molecule has 0 spiro atoms. The van der Waals surface area contributed by atoms with Crippen molar-refractivity contribution >= 4 is 5.91 Å². The first-order valence-corrected chi connectivity index (χ1v) is 9.56. The molecule has 1 aromatic rings. The van der Waals surface area contributed by atoms with E-state index in [0.717, 1.165) is 43.2 Å². The molecule has 0 bridgehead atoms. The maximum atomic E-state index is 13.1. The van der Waals surface area contributed by atoms with Crippen molar-refractivity contribution in [3.05, 3.63) is 17.5 Å². The van der Waals surface area contributed by atoms with Crippen LogP contribution >= 0.6 is 0 Å². The first-order valence-electron chi connectivity index (χ1n) is 9.56. The van der Waals surface area contributed by atoms with Crippen molar-refractivity contribution in [3.63, 3.8) is 0 Å². The second-order valence-corrected chi connectivity index (χ2v) is 7.34. The lowest BCUT2D eigenvalue weighted by Crippen LogP contribution is -2.39. The minimum Gasteiger partial charge on any atom is -0.379 e. The molecule has 0 N–H and O–H groups in total. The molecular weight excluding hydrogens is 302 g/mol. The molecule has 1 amide bonds. The predicted octanol–water partition coefficient (Wildman–Crippen LogP) is 3.44. The van der Waals surface area contributed by atoms with Gasteiger partial charge in [-0.1, -0.05) is 33.1 Å². The molecule has 2 heterocycles. The summed E-state index contributed by atoms with van der Waals surface area (Å²) in [5.74, 6) is 1.37. The highest BCUT2D eigenvalue weighted by molar-refractivity contribution is 5.95. The fourth-order valence-corrected chi connectivity index (χ4v) is 4.02. The molecule has 1 aromatic heterocycles. The SMILES string of the molecule is CCC(CC)n1ncc(C(=O)N2CCOCC(C3CCC3)C2)c1C. The van der Waals surface area contributed by atoms with Crippen molar-refractivity contribution < 1.29 is 9.53 Å². The van der Waals surface area contributed by atoms with Gasteiger partial charge in [-0.05, 0) is 25.7 Å².